The highest BCUT2D eigenvalue weighted by Gasteiger charge is 2.23. The Kier molecular flexibility index (Phi) is 8.90. The van der Waals surface area contributed by atoms with Gasteiger partial charge < -0.3 is 9.22 Å². The number of hydrogen-bond acceptors (Lipinski definition) is 3. The van der Waals surface area contributed by atoms with E-state index in [2.05, 4.69) is 20.0 Å². The van der Waals surface area contributed by atoms with Crippen molar-refractivity contribution < 1.29 is 14.0 Å². The molecule has 3 nitrogen and oxygen atoms in total. The van der Waals surface area contributed by atoms with Crippen LogP contribution in [0.3, 0.4) is 0 Å². The average molecular weight is 270 g/mol. The van der Waals surface area contributed by atoms with Crippen LogP contribution in [0.5, 0.6) is 0 Å². The number of unbranched alkanes of at least 4 members (excludes halogenated alkanes) is 2. The quantitative estimate of drug-likeness (QED) is 0.346. The van der Waals surface area contributed by atoms with Crippen LogP contribution in [0.25, 0.3) is 0 Å². The molecule has 104 valence electrons. The van der Waals surface area contributed by atoms with Crippen molar-refractivity contribution in [1.82, 2.24) is 0 Å². The first-order valence-corrected chi connectivity index (χ1v) is 9.91. The van der Waals surface area contributed by atoms with E-state index in [1.165, 1.54) is 6.08 Å². The molecule has 0 spiro atoms. The predicted molar refractivity (Wildman–Crippen MR) is 76.9 cm³/mol. The summed E-state index contributed by atoms with van der Waals surface area (Å²) in [6.45, 7) is 8.07. The van der Waals surface area contributed by atoms with E-state index in [-0.39, 0.29) is 11.9 Å². The number of hydrogen-bond donors (Lipinski definition) is 0. The van der Waals surface area contributed by atoms with Crippen molar-refractivity contribution in [3.8, 4) is 0 Å². The lowest BCUT2D eigenvalue weighted by molar-refractivity contribution is -0.117. The first-order chi connectivity index (χ1) is 8.41. The molecule has 0 aliphatic heterocycles. The van der Waals surface area contributed by atoms with Crippen molar-refractivity contribution in [3.63, 3.8) is 0 Å². The van der Waals surface area contributed by atoms with Crippen LogP contribution in [-0.2, 0) is 14.0 Å². The molecule has 0 aliphatic carbocycles. The van der Waals surface area contributed by atoms with E-state index in [4.69, 9.17) is 4.43 Å². The van der Waals surface area contributed by atoms with E-state index in [0.29, 0.717) is 6.42 Å². The maximum Gasteiger partial charge on any atom is 0.187 e. The standard InChI is InChI=1S/C14H26O3Si/c1-5-18(3,4)17-14(11-12-15)10-8-6-7-9-13(2)16/h11,14H,5-10H2,1-4H3. The highest BCUT2D eigenvalue weighted by molar-refractivity contribution is 6.71. The molecule has 0 aliphatic rings. The number of rotatable bonds is 10. The minimum atomic E-state index is -1.63. The van der Waals surface area contributed by atoms with Gasteiger partial charge in [0.25, 0.3) is 0 Å². The van der Waals surface area contributed by atoms with Crippen LogP contribution >= 0.6 is 0 Å². The van der Waals surface area contributed by atoms with Gasteiger partial charge in [-0.15, -0.1) is 0 Å². The molecule has 0 saturated carbocycles. The summed E-state index contributed by atoms with van der Waals surface area (Å²) in [6.07, 6.45) is 5.84. The maximum atomic E-state index is 10.8. The highest BCUT2D eigenvalue weighted by Crippen LogP contribution is 2.17. The van der Waals surface area contributed by atoms with Gasteiger partial charge >= 0.3 is 0 Å². The smallest absolute Gasteiger partial charge is 0.187 e. The maximum absolute atomic E-state index is 10.8. The molecule has 0 aromatic carbocycles. The number of Topliss-reactive ketones (excluding diaryl/α,β-unsaturated/α-hetero) is 1. The van der Waals surface area contributed by atoms with Crippen molar-refractivity contribution in [2.75, 3.05) is 0 Å². The molecule has 0 aromatic rings. The van der Waals surface area contributed by atoms with Crippen LogP contribution in [0.4, 0.5) is 0 Å². The summed E-state index contributed by atoms with van der Waals surface area (Å²) in [4.78, 5) is 21.3. The highest BCUT2D eigenvalue weighted by atomic mass is 28.4. The summed E-state index contributed by atoms with van der Waals surface area (Å²) in [6, 6.07) is 1.04. The van der Waals surface area contributed by atoms with E-state index in [1.54, 1.807) is 6.92 Å². The fourth-order valence-corrected chi connectivity index (χ4v) is 2.81. The van der Waals surface area contributed by atoms with Crippen molar-refractivity contribution in [3.05, 3.63) is 6.08 Å². The van der Waals surface area contributed by atoms with Gasteiger partial charge in [-0.3, -0.25) is 0 Å². The molecule has 0 radical (unpaired) electrons. The SMILES string of the molecule is CC[Si](C)(C)OC(C=C=O)CCCCCC(C)=O. The Morgan fingerprint density at radius 1 is 1.33 bits per heavy atom. The second-order valence-electron chi connectivity index (χ2n) is 5.36. The molecule has 18 heavy (non-hydrogen) atoms. The third-order valence-electron chi connectivity index (χ3n) is 3.09. The molecule has 1 unspecified atom stereocenters. The van der Waals surface area contributed by atoms with Gasteiger partial charge in [0.2, 0.25) is 0 Å². The summed E-state index contributed by atoms with van der Waals surface area (Å²) >= 11 is 0. The van der Waals surface area contributed by atoms with Crippen LogP contribution in [0, 0.1) is 0 Å². The zero-order valence-corrected chi connectivity index (χ0v) is 13.1. The summed E-state index contributed by atoms with van der Waals surface area (Å²) < 4.78 is 6.01. The first kappa shape index (κ1) is 17.3. The van der Waals surface area contributed by atoms with Crippen molar-refractivity contribution >= 4 is 20.0 Å². The minimum Gasteiger partial charge on any atom is -0.410 e. The topological polar surface area (TPSA) is 43.4 Å². The van der Waals surface area contributed by atoms with E-state index in [9.17, 15) is 9.59 Å². The zero-order valence-electron chi connectivity index (χ0n) is 12.1. The van der Waals surface area contributed by atoms with E-state index in [0.717, 1.165) is 31.7 Å². The molecule has 0 bridgehead atoms. The van der Waals surface area contributed by atoms with Crippen molar-refractivity contribution in [1.29, 1.82) is 0 Å². The largest absolute Gasteiger partial charge is 0.410 e. The number of carbonyl (C=O) groups excluding carboxylic acids is 2. The lowest BCUT2D eigenvalue weighted by atomic mass is 10.1. The summed E-state index contributed by atoms with van der Waals surface area (Å²) in [5.74, 6) is 2.09. The van der Waals surface area contributed by atoms with Gasteiger partial charge in [0.1, 0.15) is 11.7 Å². The van der Waals surface area contributed by atoms with Gasteiger partial charge in [-0.2, -0.15) is 0 Å². The zero-order chi connectivity index (χ0) is 14.0. The Labute approximate surface area is 112 Å². The molecule has 0 rings (SSSR count). The number of ketones is 1. The summed E-state index contributed by atoms with van der Waals surface area (Å²) in [5, 5.41) is 0. The van der Waals surface area contributed by atoms with E-state index >= 15 is 0 Å². The molecule has 4 heteroatoms. The Balaban J connectivity index is 3.98. The second-order valence-corrected chi connectivity index (χ2v) is 9.82. The Morgan fingerprint density at radius 2 is 2.00 bits per heavy atom. The van der Waals surface area contributed by atoms with E-state index < -0.39 is 8.32 Å². The lowest BCUT2D eigenvalue weighted by Crippen LogP contribution is -2.34. The molecule has 0 heterocycles. The van der Waals surface area contributed by atoms with Crippen LogP contribution in [-0.4, -0.2) is 26.1 Å². The van der Waals surface area contributed by atoms with Gasteiger partial charge in [-0.05, 0) is 38.9 Å². The predicted octanol–water partition coefficient (Wildman–Crippen LogP) is 3.52. The normalized spacial score (nSPS) is 12.9. The van der Waals surface area contributed by atoms with Crippen LogP contribution in [0.2, 0.25) is 19.1 Å². The van der Waals surface area contributed by atoms with Crippen LogP contribution in [0.1, 0.15) is 46.0 Å². The fourth-order valence-electron chi connectivity index (χ4n) is 1.64. The van der Waals surface area contributed by atoms with Crippen molar-refractivity contribution in [2.24, 2.45) is 0 Å². The monoisotopic (exact) mass is 270 g/mol. The minimum absolute atomic E-state index is 0.0959. The number of carbonyl (C=O) groups is 1. The van der Waals surface area contributed by atoms with Crippen molar-refractivity contribution in [2.45, 2.75) is 71.2 Å². The van der Waals surface area contributed by atoms with Crippen LogP contribution in [0.15, 0.2) is 6.08 Å². The molecule has 0 fully saturated rings. The Bertz CT molecular complexity index is 293. The van der Waals surface area contributed by atoms with E-state index in [1.807, 2.05) is 5.94 Å². The van der Waals surface area contributed by atoms with Gasteiger partial charge in [0.15, 0.2) is 8.32 Å². The molecule has 0 saturated heterocycles. The molecule has 1 atom stereocenters. The summed E-state index contributed by atoms with van der Waals surface area (Å²) in [5.41, 5.74) is 0. The third kappa shape index (κ3) is 9.34. The first-order valence-electron chi connectivity index (χ1n) is 6.79. The lowest BCUT2D eigenvalue weighted by Gasteiger charge is -2.26. The Hall–Kier alpha value is -0.703. The molecule has 0 amide bonds. The molecule has 0 N–H and O–H groups in total. The fraction of sp³-hybridized carbons (Fsp3) is 0.786. The molecule has 0 aromatic heterocycles. The van der Waals surface area contributed by atoms with Gasteiger partial charge in [0, 0.05) is 12.5 Å². The average Bonchev–Trinajstić information content (AvgIpc) is 2.28. The third-order valence-corrected chi connectivity index (χ3v) is 5.74. The van der Waals surface area contributed by atoms with Gasteiger partial charge in [-0.25, -0.2) is 4.79 Å². The van der Waals surface area contributed by atoms with Gasteiger partial charge in [-0.1, -0.05) is 19.8 Å². The molecular formula is C14H26O3Si. The second kappa shape index (κ2) is 9.26. The Morgan fingerprint density at radius 3 is 2.50 bits per heavy atom. The summed E-state index contributed by atoms with van der Waals surface area (Å²) in [7, 11) is -1.63. The molecular weight excluding hydrogens is 244 g/mol. The van der Waals surface area contributed by atoms with Crippen LogP contribution < -0.4 is 0 Å². The van der Waals surface area contributed by atoms with Gasteiger partial charge in [0.05, 0.1) is 6.10 Å².